The Morgan fingerprint density at radius 3 is 2.29 bits per heavy atom. The molecule has 2 N–H and O–H groups in total. The number of carbonyl (C=O) groups is 3. The molecule has 28 heavy (non-hydrogen) atoms. The number of nitrogens with zero attached hydrogens (tertiary/aromatic N) is 1. The summed E-state index contributed by atoms with van der Waals surface area (Å²) in [5, 5.41) is 5.80. The van der Waals surface area contributed by atoms with E-state index in [2.05, 4.69) is 10.6 Å². The molecule has 0 saturated heterocycles. The molecule has 6 nitrogen and oxygen atoms in total. The van der Waals surface area contributed by atoms with Crippen LogP contribution in [-0.4, -0.2) is 42.3 Å². The molecule has 0 spiro atoms. The number of para-hydroxylation sites is 1. The minimum absolute atomic E-state index is 0.183. The van der Waals surface area contributed by atoms with Crippen LogP contribution in [0.1, 0.15) is 22.8 Å². The Labute approximate surface area is 173 Å². The van der Waals surface area contributed by atoms with Crippen molar-refractivity contribution < 1.29 is 14.4 Å². The van der Waals surface area contributed by atoms with Gasteiger partial charge in [-0.3, -0.25) is 14.4 Å². The molecule has 0 aliphatic rings. The summed E-state index contributed by atoms with van der Waals surface area (Å²) in [7, 11) is 0. The molecule has 0 bridgehead atoms. The van der Waals surface area contributed by atoms with Crippen LogP contribution in [-0.2, 0) is 9.59 Å². The standard InChI is InChI=1S/C20H21Cl2N3O3/c1-3-25(12-17(26)24-19-15(21)8-5-9-16(19)22)18(27)11-23-20(28)14-7-4-6-13(2)10-14/h4-10H,3,11-12H2,1-2H3,(H,23,28)(H,24,26). The molecule has 0 saturated carbocycles. The van der Waals surface area contributed by atoms with Crippen molar-refractivity contribution in [3.05, 3.63) is 63.6 Å². The van der Waals surface area contributed by atoms with E-state index in [1.54, 1.807) is 43.3 Å². The van der Waals surface area contributed by atoms with Gasteiger partial charge < -0.3 is 15.5 Å². The zero-order chi connectivity index (χ0) is 20.7. The van der Waals surface area contributed by atoms with E-state index in [-0.39, 0.29) is 24.9 Å². The van der Waals surface area contributed by atoms with E-state index < -0.39 is 5.91 Å². The van der Waals surface area contributed by atoms with E-state index in [0.717, 1.165) is 5.56 Å². The summed E-state index contributed by atoms with van der Waals surface area (Å²) in [4.78, 5) is 38.1. The molecule has 2 aromatic rings. The summed E-state index contributed by atoms with van der Waals surface area (Å²) in [5.41, 5.74) is 1.72. The smallest absolute Gasteiger partial charge is 0.251 e. The summed E-state index contributed by atoms with van der Waals surface area (Å²) in [6.07, 6.45) is 0. The normalized spacial score (nSPS) is 10.3. The van der Waals surface area contributed by atoms with Gasteiger partial charge >= 0.3 is 0 Å². The molecule has 2 rings (SSSR count). The first-order valence-corrected chi connectivity index (χ1v) is 9.44. The Morgan fingerprint density at radius 1 is 1.04 bits per heavy atom. The fourth-order valence-electron chi connectivity index (χ4n) is 2.50. The lowest BCUT2D eigenvalue weighted by atomic mass is 10.1. The van der Waals surface area contributed by atoms with Crippen LogP contribution in [0.4, 0.5) is 5.69 Å². The largest absolute Gasteiger partial charge is 0.343 e. The van der Waals surface area contributed by atoms with Crippen LogP contribution in [0.25, 0.3) is 0 Å². The van der Waals surface area contributed by atoms with Gasteiger partial charge in [0.15, 0.2) is 0 Å². The number of rotatable bonds is 7. The predicted octanol–water partition coefficient (Wildman–Crippen LogP) is 3.52. The maximum atomic E-state index is 12.4. The first-order valence-electron chi connectivity index (χ1n) is 8.68. The number of carbonyl (C=O) groups excluding carboxylic acids is 3. The summed E-state index contributed by atoms with van der Waals surface area (Å²) in [5.74, 6) is -1.15. The third-order valence-electron chi connectivity index (χ3n) is 3.98. The second-order valence-corrected chi connectivity index (χ2v) is 6.92. The maximum absolute atomic E-state index is 12.4. The lowest BCUT2D eigenvalue weighted by Gasteiger charge is -2.21. The Morgan fingerprint density at radius 2 is 1.68 bits per heavy atom. The van der Waals surface area contributed by atoms with Crippen molar-refractivity contribution in [1.29, 1.82) is 0 Å². The van der Waals surface area contributed by atoms with Crippen molar-refractivity contribution in [3.8, 4) is 0 Å². The van der Waals surface area contributed by atoms with Gasteiger partial charge in [0, 0.05) is 12.1 Å². The average molecular weight is 422 g/mol. The lowest BCUT2D eigenvalue weighted by Crippen LogP contribution is -2.43. The van der Waals surface area contributed by atoms with Gasteiger partial charge in [-0.25, -0.2) is 0 Å². The summed E-state index contributed by atoms with van der Waals surface area (Å²) in [6.45, 7) is 3.54. The number of halogens is 2. The first-order chi connectivity index (χ1) is 13.3. The summed E-state index contributed by atoms with van der Waals surface area (Å²) >= 11 is 12.1. The van der Waals surface area contributed by atoms with E-state index in [0.29, 0.717) is 27.8 Å². The molecule has 148 valence electrons. The minimum Gasteiger partial charge on any atom is -0.343 e. The van der Waals surface area contributed by atoms with Crippen LogP contribution in [0.5, 0.6) is 0 Å². The van der Waals surface area contributed by atoms with Crippen molar-refractivity contribution in [2.24, 2.45) is 0 Å². The van der Waals surface area contributed by atoms with Gasteiger partial charge in [-0.2, -0.15) is 0 Å². The average Bonchev–Trinajstić information content (AvgIpc) is 2.67. The molecule has 0 aliphatic carbocycles. The second kappa shape index (κ2) is 10.1. The van der Waals surface area contributed by atoms with E-state index >= 15 is 0 Å². The van der Waals surface area contributed by atoms with Crippen LogP contribution in [0, 0.1) is 6.92 Å². The van der Waals surface area contributed by atoms with Gasteiger partial charge in [0.05, 0.1) is 28.8 Å². The number of benzene rings is 2. The first kappa shape index (κ1) is 21.7. The molecule has 0 unspecified atom stereocenters. The molecule has 2 aromatic carbocycles. The minimum atomic E-state index is -0.435. The number of aryl methyl sites for hydroxylation is 1. The maximum Gasteiger partial charge on any atom is 0.251 e. The molecule has 0 aromatic heterocycles. The number of likely N-dealkylation sites (N-methyl/N-ethyl adjacent to an activating group) is 1. The lowest BCUT2D eigenvalue weighted by molar-refractivity contribution is -0.133. The van der Waals surface area contributed by atoms with Crippen LogP contribution in [0.15, 0.2) is 42.5 Å². The highest BCUT2D eigenvalue weighted by Gasteiger charge is 2.18. The molecule has 0 heterocycles. The zero-order valence-corrected chi connectivity index (χ0v) is 17.1. The third-order valence-corrected chi connectivity index (χ3v) is 4.61. The monoisotopic (exact) mass is 421 g/mol. The number of nitrogens with one attached hydrogen (secondary N) is 2. The SMILES string of the molecule is CCN(CC(=O)Nc1c(Cl)cccc1Cl)C(=O)CNC(=O)c1cccc(C)c1. The van der Waals surface area contributed by atoms with Gasteiger partial charge in [0.1, 0.15) is 0 Å². The number of hydrogen-bond donors (Lipinski definition) is 2. The molecule has 0 atom stereocenters. The Balaban J connectivity index is 1.92. The molecule has 3 amide bonds. The molecular formula is C20H21Cl2N3O3. The fraction of sp³-hybridized carbons (Fsp3) is 0.250. The Bertz CT molecular complexity index is 866. The van der Waals surface area contributed by atoms with E-state index in [4.69, 9.17) is 23.2 Å². The third kappa shape index (κ3) is 5.97. The topological polar surface area (TPSA) is 78.5 Å². The van der Waals surface area contributed by atoms with Gasteiger partial charge in [-0.05, 0) is 38.1 Å². The second-order valence-electron chi connectivity index (χ2n) is 6.10. The molecule has 0 aliphatic heterocycles. The number of anilines is 1. The Hall–Kier alpha value is -2.57. The molecule has 0 fully saturated rings. The zero-order valence-electron chi connectivity index (χ0n) is 15.6. The molecule has 8 heteroatoms. The summed E-state index contributed by atoms with van der Waals surface area (Å²) in [6, 6.07) is 11.9. The van der Waals surface area contributed by atoms with Crippen molar-refractivity contribution in [2.75, 3.05) is 25.0 Å². The molecule has 0 radical (unpaired) electrons. The van der Waals surface area contributed by atoms with Crippen molar-refractivity contribution >= 4 is 46.6 Å². The highest BCUT2D eigenvalue weighted by molar-refractivity contribution is 6.39. The van der Waals surface area contributed by atoms with Gasteiger partial charge in [0.25, 0.3) is 5.91 Å². The summed E-state index contributed by atoms with van der Waals surface area (Å²) < 4.78 is 0. The number of amides is 3. The quantitative estimate of drug-likeness (QED) is 0.717. The van der Waals surface area contributed by atoms with Crippen LogP contribution >= 0.6 is 23.2 Å². The van der Waals surface area contributed by atoms with E-state index in [1.165, 1.54) is 4.90 Å². The predicted molar refractivity (Wildman–Crippen MR) is 111 cm³/mol. The fourth-order valence-corrected chi connectivity index (χ4v) is 2.99. The van der Waals surface area contributed by atoms with Gasteiger partial charge in [-0.15, -0.1) is 0 Å². The van der Waals surface area contributed by atoms with E-state index in [1.807, 2.05) is 13.0 Å². The highest BCUT2D eigenvalue weighted by Crippen LogP contribution is 2.29. The van der Waals surface area contributed by atoms with Crippen LogP contribution in [0.2, 0.25) is 10.0 Å². The Kier molecular flexibility index (Phi) is 7.84. The number of hydrogen-bond acceptors (Lipinski definition) is 3. The van der Waals surface area contributed by atoms with Crippen LogP contribution < -0.4 is 10.6 Å². The van der Waals surface area contributed by atoms with Gasteiger partial charge in [-0.1, -0.05) is 47.0 Å². The molecular weight excluding hydrogens is 401 g/mol. The highest BCUT2D eigenvalue weighted by atomic mass is 35.5. The van der Waals surface area contributed by atoms with E-state index in [9.17, 15) is 14.4 Å². The van der Waals surface area contributed by atoms with Crippen molar-refractivity contribution in [1.82, 2.24) is 10.2 Å². The van der Waals surface area contributed by atoms with Gasteiger partial charge in [0.2, 0.25) is 11.8 Å². The van der Waals surface area contributed by atoms with Crippen molar-refractivity contribution in [3.63, 3.8) is 0 Å². The van der Waals surface area contributed by atoms with Crippen molar-refractivity contribution in [2.45, 2.75) is 13.8 Å². The van der Waals surface area contributed by atoms with Crippen LogP contribution in [0.3, 0.4) is 0 Å².